The van der Waals surface area contributed by atoms with Crippen LogP contribution in [0.25, 0.3) is 10.9 Å². The van der Waals surface area contributed by atoms with Crippen molar-refractivity contribution in [2.24, 2.45) is 0 Å². The highest BCUT2D eigenvalue weighted by molar-refractivity contribution is 5.88. The monoisotopic (exact) mass is 411 g/mol. The summed E-state index contributed by atoms with van der Waals surface area (Å²) in [6.07, 6.45) is 1.46. The molecule has 0 radical (unpaired) electrons. The molecular weight excluding hydrogens is 385 g/mol. The van der Waals surface area contributed by atoms with Gasteiger partial charge in [0.25, 0.3) is 0 Å². The number of carbonyl (C=O) groups excluding carboxylic acids is 2. The predicted molar refractivity (Wildman–Crippen MR) is 113 cm³/mol. The van der Waals surface area contributed by atoms with Gasteiger partial charge in [0.05, 0.1) is 0 Å². The first-order valence-electron chi connectivity index (χ1n) is 9.78. The Morgan fingerprint density at radius 2 is 1.80 bits per heavy atom. The van der Waals surface area contributed by atoms with E-state index in [1.54, 1.807) is 32.9 Å². The third-order valence-electron chi connectivity index (χ3n) is 4.49. The lowest BCUT2D eigenvalue weighted by Gasteiger charge is -2.23. The van der Waals surface area contributed by atoms with Crippen LogP contribution in [0.15, 0.2) is 54.7 Å². The Morgan fingerprint density at radius 3 is 2.50 bits per heavy atom. The molecule has 0 bridgehead atoms. The van der Waals surface area contributed by atoms with Crippen molar-refractivity contribution in [1.82, 2.24) is 15.6 Å². The zero-order valence-electron chi connectivity index (χ0n) is 17.3. The van der Waals surface area contributed by atoms with Crippen LogP contribution in [0.3, 0.4) is 0 Å². The van der Waals surface area contributed by atoms with Crippen LogP contribution in [0.4, 0.5) is 9.18 Å². The van der Waals surface area contributed by atoms with Gasteiger partial charge in [0, 0.05) is 30.1 Å². The summed E-state index contributed by atoms with van der Waals surface area (Å²) in [4.78, 5) is 28.4. The Balaban J connectivity index is 1.74. The second-order valence-electron chi connectivity index (χ2n) is 8.11. The van der Waals surface area contributed by atoms with E-state index in [-0.39, 0.29) is 18.3 Å². The van der Waals surface area contributed by atoms with E-state index in [0.29, 0.717) is 6.42 Å². The van der Waals surface area contributed by atoms with Gasteiger partial charge in [-0.25, -0.2) is 9.18 Å². The number of para-hydroxylation sites is 1. The summed E-state index contributed by atoms with van der Waals surface area (Å²) in [5.74, 6) is -0.690. The van der Waals surface area contributed by atoms with E-state index in [0.717, 1.165) is 22.0 Å². The van der Waals surface area contributed by atoms with Gasteiger partial charge in [-0.2, -0.15) is 0 Å². The van der Waals surface area contributed by atoms with Crippen molar-refractivity contribution in [3.05, 3.63) is 71.7 Å². The zero-order chi connectivity index (χ0) is 21.7. The number of fused-ring (bicyclic) bond motifs is 1. The topological polar surface area (TPSA) is 83.2 Å². The van der Waals surface area contributed by atoms with Crippen molar-refractivity contribution in [3.63, 3.8) is 0 Å². The molecule has 158 valence electrons. The fourth-order valence-corrected chi connectivity index (χ4v) is 3.09. The highest BCUT2D eigenvalue weighted by Gasteiger charge is 2.25. The lowest BCUT2D eigenvalue weighted by molar-refractivity contribution is -0.123. The van der Waals surface area contributed by atoms with Crippen molar-refractivity contribution in [2.45, 2.75) is 45.4 Å². The molecule has 2 amide bonds. The maximum atomic E-state index is 13.1. The van der Waals surface area contributed by atoms with E-state index in [9.17, 15) is 14.0 Å². The van der Waals surface area contributed by atoms with Crippen LogP contribution in [0.5, 0.6) is 0 Å². The standard InChI is InChI=1S/C23H26FN3O3/c1-23(2,3)30-22(29)27-20(12-16-14-25-19-7-5-4-6-18(16)19)21(28)26-13-15-8-10-17(24)11-9-15/h4-11,14,20,25H,12-13H2,1-3H3,(H,26,28)(H,27,29)/t20-/m1/s1. The van der Waals surface area contributed by atoms with Crippen LogP contribution in [-0.4, -0.2) is 28.6 Å². The van der Waals surface area contributed by atoms with Crippen molar-refractivity contribution in [3.8, 4) is 0 Å². The summed E-state index contributed by atoms with van der Waals surface area (Å²) in [6, 6.07) is 12.8. The molecule has 0 aliphatic rings. The number of H-pyrrole nitrogens is 1. The number of amides is 2. The third-order valence-corrected chi connectivity index (χ3v) is 4.49. The number of hydrogen-bond acceptors (Lipinski definition) is 3. The summed E-state index contributed by atoms with van der Waals surface area (Å²) < 4.78 is 18.4. The molecule has 0 fully saturated rings. The lowest BCUT2D eigenvalue weighted by Crippen LogP contribution is -2.49. The molecule has 6 nitrogen and oxygen atoms in total. The van der Waals surface area contributed by atoms with Gasteiger partial charge in [0.15, 0.2) is 0 Å². The summed E-state index contributed by atoms with van der Waals surface area (Å²) in [7, 11) is 0. The van der Waals surface area contributed by atoms with Crippen LogP contribution in [-0.2, 0) is 22.5 Å². The van der Waals surface area contributed by atoms with Gasteiger partial charge >= 0.3 is 6.09 Å². The van der Waals surface area contributed by atoms with Crippen molar-refractivity contribution >= 4 is 22.9 Å². The average Bonchev–Trinajstić information content (AvgIpc) is 3.08. The van der Waals surface area contributed by atoms with Crippen LogP contribution < -0.4 is 10.6 Å². The van der Waals surface area contributed by atoms with Crippen molar-refractivity contribution in [1.29, 1.82) is 0 Å². The van der Waals surface area contributed by atoms with Crippen LogP contribution in [0.1, 0.15) is 31.9 Å². The number of benzene rings is 2. The Bertz CT molecular complexity index is 1020. The number of alkyl carbamates (subject to hydrolysis) is 1. The lowest BCUT2D eigenvalue weighted by atomic mass is 10.0. The Kier molecular flexibility index (Phi) is 6.40. The highest BCUT2D eigenvalue weighted by atomic mass is 19.1. The molecule has 30 heavy (non-hydrogen) atoms. The Hall–Kier alpha value is -3.35. The summed E-state index contributed by atoms with van der Waals surface area (Å²) >= 11 is 0. The van der Waals surface area contributed by atoms with Gasteiger partial charge in [-0.05, 0) is 50.1 Å². The van der Waals surface area contributed by atoms with Gasteiger partial charge < -0.3 is 20.4 Å². The Morgan fingerprint density at radius 1 is 1.10 bits per heavy atom. The number of aromatic amines is 1. The molecule has 3 N–H and O–H groups in total. The first-order chi connectivity index (χ1) is 14.2. The summed E-state index contributed by atoms with van der Waals surface area (Å²) in [5, 5.41) is 6.47. The smallest absolute Gasteiger partial charge is 0.408 e. The highest BCUT2D eigenvalue weighted by Crippen LogP contribution is 2.19. The van der Waals surface area contributed by atoms with Gasteiger partial charge in [0.1, 0.15) is 17.5 Å². The molecule has 2 aromatic carbocycles. The number of carbonyl (C=O) groups is 2. The molecule has 0 spiro atoms. The molecule has 0 unspecified atom stereocenters. The first-order valence-corrected chi connectivity index (χ1v) is 9.78. The molecule has 1 heterocycles. The summed E-state index contributed by atoms with van der Waals surface area (Å²) in [5.41, 5.74) is 1.94. The van der Waals surface area contributed by atoms with E-state index in [2.05, 4.69) is 15.6 Å². The van der Waals surface area contributed by atoms with Crippen LogP contribution >= 0.6 is 0 Å². The van der Waals surface area contributed by atoms with Crippen LogP contribution in [0, 0.1) is 5.82 Å². The molecule has 0 saturated carbocycles. The molecule has 1 aromatic heterocycles. The first kappa shape index (κ1) is 21.4. The fourth-order valence-electron chi connectivity index (χ4n) is 3.09. The third kappa shape index (κ3) is 5.83. The molecule has 1 atom stereocenters. The maximum Gasteiger partial charge on any atom is 0.408 e. The number of ether oxygens (including phenoxy) is 1. The summed E-state index contributed by atoms with van der Waals surface area (Å²) in [6.45, 7) is 5.50. The molecular formula is C23H26FN3O3. The van der Waals surface area contributed by atoms with E-state index in [4.69, 9.17) is 4.74 Å². The SMILES string of the molecule is CC(C)(C)OC(=O)N[C@H](Cc1c[nH]c2ccccc12)C(=O)NCc1ccc(F)cc1. The minimum Gasteiger partial charge on any atom is -0.444 e. The normalized spacial score (nSPS) is 12.4. The number of nitrogens with one attached hydrogen (secondary N) is 3. The van der Waals surface area contributed by atoms with Gasteiger partial charge in [-0.15, -0.1) is 0 Å². The van der Waals surface area contributed by atoms with Gasteiger partial charge in [0.2, 0.25) is 5.91 Å². The van der Waals surface area contributed by atoms with Crippen LogP contribution in [0.2, 0.25) is 0 Å². The second-order valence-corrected chi connectivity index (χ2v) is 8.11. The van der Waals surface area contributed by atoms with E-state index >= 15 is 0 Å². The molecule has 0 aliphatic heterocycles. The van der Waals surface area contributed by atoms with Crippen molar-refractivity contribution < 1.29 is 18.7 Å². The Labute approximate surface area is 174 Å². The molecule has 3 aromatic rings. The molecule has 3 rings (SSSR count). The molecule has 0 aliphatic carbocycles. The maximum absolute atomic E-state index is 13.1. The second kappa shape index (κ2) is 8.98. The number of halogens is 1. The molecule has 0 saturated heterocycles. The number of aromatic nitrogens is 1. The zero-order valence-corrected chi connectivity index (χ0v) is 17.3. The minimum atomic E-state index is -0.834. The predicted octanol–water partition coefficient (Wildman–Crippen LogP) is 4.06. The largest absolute Gasteiger partial charge is 0.444 e. The van der Waals surface area contributed by atoms with E-state index < -0.39 is 17.7 Å². The fraction of sp³-hybridized carbons (Fsp3) is 0.304. The van der Waals surface area contributed by atoms with E-state index in [1.165, 1.54) is 12.1 Å². The van der Waals surface area contributed by atoms with E-state index in [1.807, 2.05) is 30.5 Å². The average molecular weight is 411 g/mol. The van der Waals surface area contributed by atoms with Crippen molar-refractivity contribution in [2.75, 3.05) is 0 Å². The molecule has 7 heteroatoms. The van der Waals surface area contributed by atoms with Gasteiger partial charge in [-0.3, -0.25) is 4.79 Å². The van der Waals surface area contributed by atoms with Gasteiger partial charge in [-0.1, -0.05) is 30.3 Å². The quantitative estimate of drug-likeness (QED) is 0.572. The minimum absolute atomic E-state index is 0.222. The number of rotatable bonds is 6. The number of hydrogen-bond donors (Lipinski definition) is 3.